The Morgan fingerprint density at radius 2 is 1.89 bits per heavy atom. The number of aliphatic hydroxyl groups is 1. The molecule has 0 saturated carbocycles. The third kappa shape index (κ3) is 4.86. The number of anilines is 1. The fourth-order valence-electron chi connectivity index (χ4n) is 2.71. The minimum atomic E-state index is -1.39. The summed E-state index contributed by atoms with van der Waals surface area (Å²) < 4.78 is 5.45. The molecule has 1 aliphatic rings. The second-order valence-electron chi connectivity index (χ2n) is 6.61. The molecule has 3 atom stereocenters. The molecule has 1 aliphatic heterocycles. The van der Waals surface area contributed by atoms with Gasteiger partial charge in [0.1, 0.15) is 23.5 Å². The molecule has 0 bridgehead atoms. The topological polar surface area (TPSA) is 113 Å². The number of benzene rings is 1. The molecule has 0 saturated heterocycles. The van der Waals surface area contributed by atoms with E-state index in [0.29, 0.717) is 12.1 Å². The van der Waals surface area contributed by atoms with Crippen molar-refractivity contribution in [3.63, 3.8) is 0 Å². The predicted molar refractivity (Wildman–Crippen MR) is 98.4 cm³/mol. The van der Waals surface area contributed by atoms with Crippen LogP contribution in [0.4, 0.5) is 5.69 Å². The molecule has 1 aromatic carbocycles. The minimum absolute atomic E-state index is 0.0866. The first-order chi connectivity index (χ1) is 12.7. The lowest BCUT2D eigenvalue weighted by atomic mass is 9.95. The highest BCUT2D eigenvalue weighted by molar-refractivity contribution is 6.39. The molecule has 0 aromatic heterocycles. The van der Waals surface area contributed by atoms with Crippen molar-refractivity contribution in [2.75, 3.05) is 12.4 Å². The molecule has 0 aliphatic carbocycles. The molecule has 3 N–H and O–H groups in total. The van der Waals surface area contributed by atoms with E-state index in [9.17, 15) is 24.6 Å². The van der Waals surface area contributed by atoms with E-state index in [1.165, 1.54) is 6.07 Å². The fourth-order valence-corrected chi connectivity index (χ4v) is 2.71. The fraction of sp³-hybridized carbons (Fsp3) is 0.450. The van der Waals surface area contributed by atoms with Crippen molar-refractivity contribution in [2.45, 2.75) is 45.3 Å². The summed E-state index contributed by atoms with van der Waals surface area (Å²) in [5.41, 5.74) is 0.618. The van der Waals surface area contributed by atoms with E-state index in [4.69, 9.17) is 4.74 Å². The third-order valence-corrected chi connectivity index (χ3v) is 4.65. The van der Waals surface area contributed by atoms with Crippen LogP contribution in [0.5, 0.6) is 5.75 Å². The first-order valence-corrected chi connectivity index (χ1v) is 8.74. The Labute approximate surface area is 157 Å². The molecular weight excluding hydrogens is 350 g/mol. The maximum Gasteiger partial charge on any atom is 0.343 e. The van der Waals surface area contributed by atoms with Crippen molar-refractivity contribution in [2.24, 2.45) is 5.92 Å². The van der Waals surface area contributed by atoms with Gasteiger partial charge in [0.25, 0.3) is 0 Å². The van der Waals surface area contributed by atoms with Crippen LogP contribution in [0, 0.1) is 17.8 Å². The van der Waals surface area contributed by atoms with Crippen molar-refractivity contribution < 1.29 is 29.3 Å². The van der Waals surface area contributed by atoms with Crippen LogP contribution in [0.2, 0.25) is 0 Å². The second-order valence-corrected chi connectivity index (χ2v) is 6.61. The Morgan fingerprint density at radius 1 is 1.19 bits per heavy atom. The van der Waals surface area contributed by atoms with E-state index in [1.54, 1.807) is 20.0 Å². The monoisotopic (exact) mass is 373 g/mol. The zero-order valence-corrected chi connectivity index (χ0v) is 15.5. The first-order valence-electron chi connectivity index (χ1n) is 8.74. The van der Waals surface area contributed by atoms with Crippen LogP contribution in [-0.2, 0) is 14.3 Å². The third-order valence-electron chi connectivity index (χ3n) is 4.65. The lowest BCUT2D eigenvalue weighted by Crippen LogP contribution is -2.30. The number of esters is 1. The number of aliphatic hydroxyl groups excluding tert-OH is 1. The summed E-state index contributed by atoms with van der Waals surface area (Å²) in [7, 11) is 1.64. The van der Waals surface area contributed by atoms with Gasteiger partial charge in [-0.05, 0) is 31.7 Å². The predicted octanol–water partition coefficient (Wildman–Crippen LogP) is 1.65. The number of hydrogen-bond donors (Lipinski definition) is 3. The number of aromatic hydroxyl groups is 1. The summed E-state index contributed by atoms with van der Waals surface area (Å²) in [5.74, 6) is 2.35. The van der Waals surface area contributed by atoms with Crippen molar-refractivity contribution in [1.29, 1.82) is 0 Å². The average Bonchev–Trinajstić information content (AvgIpc) is 2.63. The lowest BCUT2D eigenvalue weighted by molar-refractivity contribution is -0.141. The molecule has 7 nitrogen and oxygen atoms in total. The largest absolute Gasteiger partial charge is 0.507 e. The SMILES string of the molecule is CNc1cc(O)c2c(c1)C#CCC(=O)C(=O)C(O)CC[C@@H](C)[C@H](C)OC2=O. The summed E-state index contributed by atoms with van der Waals surface area (Å²) >= 11 is 0. The van der Waals surface area contributed by atoms with Crippen molar-refractivity contribution in [1.82, 2.24) is 0 Å². The van der Waals surface area contributed by atoms with Gasteiger partial charge < -0.3 is 20.3 Å². The van der Waals surface area contributed by atoms with Gasteiger partial charge in [0.15, 0.2) is 0 Å². The molecule has 0 spiro atoms. The zero-order valence-electron chi connectivity index (χ0n) is 15.5. The molecule has 0 amide bonds. The minimum Gasteiger partial charge on any atom is -0.507 e. The van der Waals surface area contributed by atoms with Crippen LogP contribution in [0.25, 0.3) is 0 Å². The molecule has 0 radical (unpaired) electrons. The maximum absolute atomic E-state index is 12.6. The number of carbonyl (C=O) groups is 3. The normalized spacial score (nSPS) is 24.1. The summed E-state index contributed by atoms with van der Waals surface area (Å²) in [6, 6.07) is 2.93. The summed E-state index contributed by atoms with van der Waals surface area (Å²) in [4.78, 5) is 36.5. The number of hydrogen-bond acceptors (Lipinski definition) is 7. The molecule has 27 heavy (non-hydrogen) atoms. The van der Waals surface area contributed by atoms with Gasteiger partial charge in [-0.1, -0.05) is 18.8 Å². The van der Waals surface area contributed by atoms with Gasteiger partial charge in [-0.15, -0.1) is 0 Å². The molecule has 144 valence electrons. The van der Waals surface area contributed by atoms with E-state index >= 15 is 0 Å². The number of phenols is 1. The molecule has 7 heteroatoms. The van der Waals surface area contributed by atoms with Crippen LogP contribution in [0.15, 0.2) is 12.1 Å². The number of nitrogens with one attached hydrogen (secondary N) is 1. The standard InChI is InChI=1S/C20H23NO6/c1-11-7-8-16(23)19(25)15(22)6-4-5-13-9-14(21-3)10-17(24)18(13)20(26)27-12(11)2/h9-12,16,21,23-24H,6-8H2,1-3H3/t11-,12+,16?/m1/s1. The van der Waals surface area contributed by atoms with Gasteiger partial charge in [-0.3, -0.25) is 9.59 Å². The highest BCUT2D eigenvalue weighted by atomic mass is 16.5. The molecule has 2 rings (SSSR count). The number of carbonyl (C=O) groups excluding carboxylic acids is 3. The number of cyclic esters (lactones) is 1. The Kier molecular flexibility index (Phi) is 6.59. The molecule has 1 aromatic rings. The van der Waals surface area contributed by atoms with Gasteiger partial charge in [-0.2, -0.15) is 0 Å². The molecule has 0 fully saturated rings. The number of Topliss-reactive ketones (excluding diaryl/α,β-unsaturated/α-hetero) is 2. The quantitative estimate of drug-likeness (QED) is 0.390. The van der Waals surface area contributed by atoms with Crippen molar-refractivity contribution in [3.8, 4) is 17.6 Å². The van der Waals surface area contributed by atoms with Crippen LogP contribution >= 0.6 is 0 Å². The highest BCUT2D eigenvalue weighted by Crippen LogP contribution is 2.28. The van der Waals surface area contributed by atoms with E-state index in [-0.39, 0.29) is 35.6 Å². The average molecular weight is 373 g/mol. The lowest BCUT2D eigenvalue weighted by Gasteiger charge is -2.22. The molecule has 1 unspecified atom stereocenters. The smallest absolute Gasteiger partial charge is 0.343 e. The van der Waals surface area contributed by atoms with Crippen LogP contribution < -0.4 is 5.32 Å². The summed E-state index contributed by atoms with van der Waals surface area (Å²) in [6.07, 6.45) is -1.82. The summed E-state index contributed by atoms with van der Waals surface area (Å²) in [6.45, 7) is 3.51. The molecule has 1 heterocycles. The Morgan fingerprint density at radius 3 is 2.56 bits per heavy atom. The highest BCUT2D eigenvalue weighted by Gasteiger charge is 2.27. The van der Waals surface area contributed by atoms with Crippen LogP contribution in [0.1, 0.15) is 49.0 Å². The van der Waals surface area contributed by atoms with E-state index in [2.05, 4.69) is 17.2 Å². The van der Waals surface area contributed by atoms with E-state index in [0.717, 1.165) is 0 Å². The van der Waals surface area contributed by atoms with Crippen molar-refractivity contribution in [3.05, 3.63) is 23.3 Å². The second kappa shape index (κ2) is 8.69. The zero-order chi connectivity index (χ0) is 20.1. The van der Waals surface area contributed by atoms with Crippen LogP contribution in [-0.4, -0.2) is 47.0 Å². The number of fused-ring (bicyclic) bond motifs is 1. The number of rotatable bonds is 1. The van der Waals surface area contributed by atoms with Gasteiger partial charge in [-0.25, -0.2) is 4.79 Å². The van der Waals surface area contributed by atoms with Gasteiger partial charge in [0.2, 0.25) is 11.6 Å². The number of ketones is 2. The maximum atomic E-state index is 12.6. The Balaban J connectivity index is 2.50. The van der Waals surface area contributed by atoms with E-state index in [1.807, 2.05) is 6.92 Å². The molecular formula is C20H23NO6. The number of phenolic OH excluding ortho intramolecular Hbond substituents is 1. The van der Waals surface area contributed by atoms with Gasteiger partial charge >= 0.3 is 5.97 Å². The number of ether oxygens (including phenoxy) is 1. The van der Waals surface area contributed by atoms with Crippen molar-refractivity contribution >= 4 is 23.2 Å². The van der Waals surface area contributed by atoms with E-state index < -0.39 is 29.7 Å². The van der Waals surface area contributed by atoms with Crippen LogP contribution in [0.3, 0.4) is 0 Å². The first kappa shape index (κ1) is 20.5. The van der Waals surface area contributed by atoms with Gasteiger partial charge in [0.05, 0.1) is 6.42 Å². The Bertz CT molecular complexity index is 820. The van der Waals surface area contributed by atoms with Gasteiger partial charge in [0, 0.05) is 24.4 Å². The Hall–Kier alpha value is -2.85. The summed E-state index contributed by atoms with van der Waals surface area (Å²) in [5, 5.41) is 23.0.